The first-order valence-electron chi connectivity index (χ1n) is 10.2. The minimum absolute atomic E-state index is 0.117. The molecular weight excluding hydrogens is 360 g/mol. The summed E-state index contributed by atoms with van der Waals surface area (Å²) in [6.45, 7) is 2.47. The molecule has 0 spiro atoms. The van der Waals surface area contributed by atoms with Gasteiger partial charge in [-0.05, 0) is 54.5 Å². The van der Waals surface area contributed by atoms with Crippen LogP contribution in [0, 0.1) is 6.92 Å². The van der Waals surface area contributed by atoms with E-state index in [2.05, 4.69) is 36.2 Å². The van der Waals surface area contributed by atoms with Crippen LogP contribution in [0.25, 0.3) is 16.5 Å². The van der Waals surface area contributed by atoms with Crippen LogP contribution in [0.3, 0.4) is 0 Å². The van der Waals surface area contributed by atoms with E-state index in [4.69, 9.17) is 4.74 Å². The third kappa shape index (κ3) is 3.29. The summed E-state index contributed by atoms with van der Waals surface area (Å²) in [6.07, 6.45) is 6.81. The van der Waals surface area contributed by atoms with Crippen LogP contribution in [-0.4, -0.2) is 28.1 Å². The van der Waals surface area contributed by atoms with Gasteiger partial charge < -0.3 is 4.74 Å². The van der Waals surface area contributed by atoms with Crippen LogP contribution < -0.4 is 0 Å². The number of pyridine rings is 1. The maximum Gasteiger partial charge on any atom is 0.410 e. The Labute approximate surface area is 170 Å². The van der Waals surface area contributed by atoms with Crippen molar-refractivity contribution in [3.63, 3.8) is 0 Å². The summed E-state index contributed by atoms with van der Waals surface area (Å²) in [4.78, 5) is 19.3. The molecular formula is C25H24N2O2. The van der Waals surface area contributed by atoms with Gasteiger partial charge in [0, 0.05) is 17.6 Å². The molecule has 1 saturated heterocycles. The Morgan fingerprint density at radius 2 is 1.97 bits per heavy atom. The molecule has 29 heavy (non-hydrogen) atoms. The van der Waals surface area contributed by atoms with Crippen molar-refractivity contribution in [2.45, 2.75) is 44.9 Å². The van der Waals surface area contributed by atoms with E-state index >= 15 is 0 Å². The van der Waals surface area contributed by atoms with Crippen LogP contribution in [0.15, 0.2) is 66.9 Å². The fraction of sp³-hybridized carbons (Fsp3) is 0.280. The SMILES string of the molecule is Cc1c(C2=CC3CCC(C2)N3C(=O)OCc2ccccc2)ccc2cccnc12. The highest BCUT2D eigenvalue weighted by atomic mass is 16.6. The standard InChI is InChI=1S/C25H24N2O2/c1-17-23(12-9-19-8-5-13-26-24(17)19)20-14-21-10-11-22(15-20)27(21)25(28)29-16-18-6-3-2-4-7-18/h2-9,12-14,21-22H,10-11,15-16H2,1H3. The van der Waals surface area contributed by atoms with Gasteiger partial charge in [-0.25, -0.2) is 4.79 Å². The molecule has 0 saturated carbocycles. The number of hydrogen-bond donors (Lipinski definition) is 0. The van der Waals surface area contributed by atoms with Crippen molar-refractivity contribution in [2.24, 2.45) is 0 Å². The summed E-state index contributed by atoms with van der Waals surface area (Å²) < 4.78 is 5.62. The largest absolute Gasteiger partial charge is 0.445 e. The van der Waals surface area contributed by atoms with E-state index in [1.165, 1.54) is 22.1 Å². The zero-order chi connectivity index (χ0) is 19.8. The van der Waals surface area contributed by atoms with Gasteiger partial charge >= 0.3 is 6.09 Å². The van der Waals surface area contributed by atoms with E-state index in [9.17, 15) is 4.79 Å². The van der Waals surface area contributed by atoms with Gasteiger partial charge in [0.15, 0.2) is 0 Å². The molecule has 2 aliphatic rings. The Balaban J connectivity index is 1.37. The minimum atomic E-state index is -0.200. The van der Waals surface area contributed by atoms with Crippen LogP contribution >= 0.6 is 0 Å². The van der Waals surface area contributed by atoms with Gasteiger partial charge in [0.25, 0.3) is 0 Å². The molecule has 2 atom stereocenters. The Morgan fingerprint density at radius 1 is 1.10 bits per heavy atom. The lowest BCUT2D eigenvalue weighted by Gasteiger charge is -2.33. The molecule has 0 radical (unpaired) electrons. The number of aromatic nitrogens is 1. The number of carbonyl (C=O) groups is 1. The smallest absolute Gasteiger partial charge is 0.410 e. The van der Waals surface area contributed by atoms with Crippen molar-refractivity contribution in [1.82, 2.24) is 9.88 Å². The number of hydrogen-bond acceptors (Lipinski definition) is 3. The predicted octanol–water partition coefficient (Wildman–Crippen LogP) is 5.50. The highest BCUT2D eigenvalue weighted by Crippen LogP contribution is 2.40. The molecule has 0 N–H and O–H groups in total. The second-order valence-corrected chi connectivity index (χ2v) is 7.96. The third-order valence-electron chi connectivity index (χ3n) is 6.19. The first-order valence-corrected chi connectivity index (χ1v) is 10.2. The van der Waals surface area contributed by atoms with Gasteiger partial charge in [0.1, 0.15) is 6.61 Å². The van der Waals surface area contributed by atoms with Crippen molar-refractivity contribution in [3.8, 4) is 0 Å². The second-order valence-electron chi connectivity index (χ2n) is 7.96. The molecule has 146 valence electrons. The molecule has 2 aliphatic heterocycles. The lowest BCUT2D eigenvalue weighted by Crippen LogP contribution is -2.43. The van der Waals surface area contributed by atoms with Gasteiger partial charge in [-0.2, -0.15) is 0 Å². The molecule has 3 heterocycles. The van der Waals surface area contributed by atoms with Crippen molar-refractivity contribution in [3.05, 3.63) is 83.6 Å². The molecule has 1 fully saturated rings. The quantitative estimate of drug-likeness (QED) is 0.599. The van der Waals surface area contributed by atoms with Crippen molar-refractivity contribution in [1.29, 1.82) is 0 Å². The summed E-state index contributed by atoms with van der Waals surface area (Å²) >= 11 is 0. The summed E-state index contributed by atoms with van der Waals surface area (Å²) in [5.41, 5.74) is 5.87. The van der Waals surface area contributed by atoms with Crippen molar-refractivity contribution in [2.75, 3.05) is 0 Å². The monoisotopic (exact) mass is 384 g/mol. The fourth-order valence-electron chi connectivity index (χ4n) is 4.75. The summed E-state index contributed by atoms with van der Waals surface area (Å²) in [7, 11) is 0. The number of amides is 1. The zero-order valence-electron chi connectivity index (χ0n) is 16.5. The number of aryl methyl sites for hydroxylation is 1. The maximum absolute atomic E-state index is 12.8. The first kappa shape index (κ1) is 17.9. The summed E-state index contributed by atoms with van der Waals surface area (Å²) in [5.74, 6) is 0. The third-order valence-corrected chi connectivity index (χ3v) is 6.19. The van der Waals surface area contributed by atoms with Gasteiger partial charge in [-0.3, -0.25) is 9.88 Å². The fourth-order valence-corrected chi connectivity index (χ4v) is 4.75. The van der Waals surface area contributed by atoms with Gasteiger partial charge in [0.2, 0.25) is 0 Å². The first-order chi connectivity index (χ1) is 14.2. The minimum Gasteiger partial charge on any atom is -0.445 e. The second kappa shape index (κ2) is 7.36. The lowest BCUT2D eigenvalue weighted by atomic mass is 9.91. The van der Waals surface area contributed by atoms with Crippen LogP contribution in [0.1, 0.15) is 36.0 Å². The van der Waals surface area contributed by atoms with Crippen LogP contribution in [0.4, 0.5) is 4.79 Å². The molecule has 3 aromatic rings. The Kier molecular flexibility index (Phi) is 4.55. The van der Waals surface area contributed by atoms with Gasteiger partial charge in [-0.15, -0.1) is 0 Å². The molecule has 4 heteroatoms. The number of nitrogens with zero attached hydrogens (tertiary/aromatic N) is 2. The molecule has 0 aliphatic carbocycles. The Morgan fingerprint density at radius 3 is 2.79 bits per heavy atom. The maximum atomic E-state index is 12.8. The van der Waals surface area contributed by atoms with E-state index < -0.39 is 0 Å². The normalized spacial score (nSPS) is 20.6. The zero-order valence-corrected chi connectivity index (χ0v) is 16.5. The van der Waals surface area contributed by atoms with Crippen LogP contribution in [-0.2, 0) is 11.3 Å². The molecule has 2 bridgehead atoms. The van der Waals surface area contributed by atoms with E-state index in [1.54, 1.807) is 0 Å². The average Bonchev–Trinajstić information content (AvgIpc) is 3.03. The topological polar surface area (TPSA) is 42.4 Å². The van der Waals surface area contributed by atoms with E-state index in [0.29, 0.717) is 6.61 Å². The summed E-state index contributed by atoms with van der Waals surface area (Å²) in [5, 5.41) is 1.17. The Bertz CT molecular complexity index is 1090. The molecule has 2 aromatic carbocycles. The number of benzene rings is 2. The molecule has 5 rings (SSSR count). The van der Waals surface area contributed by atoms with Gasteiger partial charge in [-0.1, -0.05) is 54.6 Å². The molecule has 2 unspecified atom stereocenters. The number of ether oxygens (including phenoxy) is 1. The lowest BCUT2D eigenvalue weighted by molar-refractivity contribution is 0.0832. The van der Waals surface area contributed by atoms with E-state index in [-0.39, 0.29) is 18.2 Å². The van der Waals surface area contributed by atoms with Crippen LogP contribution in [0.2, 0.25) is 0 Å². The van der Waals surface area contributed by atoms with E-state index in [0.717, 1.165) is 30.3 Å². The molecule has 1 amide bonds. The summed E-state index contributed by atoms with van der Waals surface area (Å²) in [6, 6.07) is 18.6. The predicted molar refractivity (Wildman–Crippen MR) is 114 cm³/mol. The molecule has 4 nitrogen and oxygen atoms in total. The molecule has 1 aromatic heterocycles. The van der Waals surface area contributed by atoms with Crippen molar-refractivity contribution >= 4 is 22.6 Å². The number of rotatable bonds is 3. The van der Waals surface area contributed by atoms with Crippen molar-refractivity contribution < 1.29 is 9.53 Å². The Hall–Kier alpha value is -3.14. The average molecular weight is 384 g/mol. The number of carbonyl (C=O) groups excluding carboxylic acids is 1. The highest BCUT2D eigenvalue weighted by Gasteiger charge is 2.40. The number of fused-ring (bicyclic) bond motifs is 3. The van der Waals surface area contributed by atoms with Crippen LogP contribution in [0.5, 0.6) is 0 Å². The van der Waals surface area contributed by atoms with Gasteiger partial charge in [0.05, 0.1) is 11.6 Å². The van der Waals surface area contributed by atoms with E-state index in [1.807, 2.05) is 47.5 Å². The highest BCUT2D eigenvalue weighted by molar-refractivity contribution is 5.88.